The van der Waals surface area contributed by atoms with E-state index in [1.54, 1.807) is 32.9 Å². The summed E-state index contributed by atoms with van der Waals surface area (Å²) in [4.78, 5) is 17.7. The summed E-state index contributed by atoms with van der Waals surface area (Å²) in [5.74, 6) is 0.789. The van der Waals surface area contributed by atoms with Crippen molar-refractivity contribution in [2.75, 3.05) is 7.05 Å². The zero-order valence-electron chi connectivity index (χ0n) is 14.6. The van der Waals surface area contributed by atoms with Crippen LogP contribution in [0.5, 0.6) is 0 Å². The maximum absolute atomic E-state index is 11.2. The fraction of sp³-hybridized carbons (Fsp3) is 0.375. The van der Waals surface area contributed by atoms with E-state index < -0.39 is 0 Å². The molecule has 3 rings (SSSR count). The minimum atomic E-state index is -0.388. The molecule has 0 fully saturated rings. The van der Waals surface area contributed by atoms with E-state index in [0.717, 1.165) is 10.7 Å². The summed E-state index contributed by atoms with van der Waals surface area (Å²) in [5, 5.41) is 7.68. The Balaban J connectivity index is 1.83. The van der Waals surface area contributed by atoms with Gasteiger partial charge in [0.15, 0.2) is 16.4 Å². The molecule has 3 aromatic rings. The highest BCUT2D eigenvalue weighted by molar-refractivity contribution is 7.71. The summed E-state index contributed by atoms with van der Waals surface area (Å²) in [6.45, 7) is 3.53. The van der Waals surface area contributed by atoms with Gasteiger partial charge in [-0.15, -0.1) is 16.4 Å². The molecule has 26 heavy (non-hydrogen) atoms. The molecule has 0 aliphatic carbocycles. The lowest BCUT2D eigenvalue weighted by Crippen LogP contribution is -2.23. The maximum atomic E-state index is 11.2. The van der Waals surface area contributed by atoms with Crippen molar-refractivity contribution in [3.05, 3.63) is 39.2 Å². The second-order valence-corrected chi connectivity index (χ2v) is 7.39. The highest BCUT2D eigenvalue weighted by atomic mass is 32.1. The van der Waals surface area contributed by atoms with Gasteiger partial charge in [-0.05, 0) is 38.3 Å². The third kappa shape index (κ3) is 4.26. The number of carbonyl (C=O) groups excluding carboxylic acids is 1. The first-order valence-corrected chi connectivity index (χ1v) is 9.32. The zero-order valence-corrected chi connectivity index (χ0v) is 16.2. The SMILES string of the molecule is Cc1nc(CN(C)Cn2nc(-c3ccco3)n(CCC(N)=O)c2=S)cs1. The van der Waals surface area contributed by atoms with Gasteiger partial charge >= 0.3 is 0 Å². The third-order valence-corrected chi connectivity index (χ3v) is 4.97. The van der Waals surface area contributed by atoms with Crippen LogP contribution in [0.2, 0.25) is 0 Å². The molecule has 8 nitrogen and oxygen atoms in total. The van der Waals surface area contributed by atoms with E-state index in [-0.39, 0.29) is 12.3 Å². The number of furan rings is 1. The molecule has 2 N–H and O–H groups in total. The van der Waals surface area contributed by atoms with Gasteiger partial charge in [-0.25, -0.2) is 9.67 Å². The molecular formula is C16H20N6O2S2. The van der Waals surface area contributed by atoms with Gasteiger partial charge in [0.1, 0.15) is 0 Å². The van der Waals surface area contributed by atoms with Gasteiger partial charge in [0, 0.05) is 24.9 Å². The van der Waals surface area contributed by atoms with E-state index in [2.05, 4.69) is 15.0 Å². The van der Waals surface area contributed by atoms with E-state index in [1.807, 2.05) is 25.4 Å². The van der Waals surface area contributed by atoms with Crippen molar-refractivity contribution in [2.24, 2.45) is 5.73 Å². The second-order valence-electron chi connectivity index (χ2n) is 5.96. The predicted molar refractivity (Wildman–Crippen MR) is 101 cm³/mol. The Bertz CT molecular complexity index is 941. The topological polar surface area (TPSA) is 95.1 Å². The Hall–Kier alpha value is -2.30. The van der Waals surface area contributed by atoms with Crippen LogP contribution in [0.25, 0.3) is 11.6 Å². The van der Waals surface area contributed by atoms with Gasteiger partial charge in [0.25, 0.3) is 0 Å². The van der Waals surface area contributed by atoms with Crippen LogP contribution in [0.15, 0.2) is 28.2 Å². The van der Waals surface area contributed by atoms with Gasteiger partial charge in [-0.3, -0.25) is 14.3 Å². The zero-order chi connectivity index (χ0) is 18.7. The quantitative estimate of drug-likeness (QED) is 0.592. The first kappa shape index (κ1) is 18.5. The summed E-state index contributed by atoms with van der Waals surface area (Å²) < 4.78 is 9.46. The molecule has 3 heterocycles. The monoisotopic (exact) mass is 392 g/mol. The molecule has 1 amide bonds. The molecule has 10 heteroatoms. The van der Waals surface area contributed by atoms with Gasteiger partial charge in [0.05, 0.1) is 23.6 Å². The fourth-order valence-corrected chi connectivity index (χ4v) is 3.46. The van der Waals surface area contributed by atoms with Crippen LogP contribution in [-0.2, 0) is 24.6 Å². The van der Waals surface area contributed by atoms with Gasteiger partial charge in [0.2, 0.25) is 5.91 Å². The molecular weight excluding hydrogens is 372 g/mol. The molecule has 0 saturated heterocycles. The van der Waals surface area contributed by atoms with Crippen molar-refractivity contribution in [3.63, 3.8) is 0 Å². The summed E-state index contributed by atoms with van der Waals surface area (Å²) in [6.07, 6.45) is 1.76. The number of nitrogens with zero attached hydrogens (tertiary/aromatic N) is 5. The number of aryl methyl sites for hydroxylation is 1. The van der Waals surface area contributed by atoms with E-state index in [0.29, 0.717) is 36.1 Å². The molecule has 3 aromatic heterocycles. The molecule has 0 bridgehead atoms. The number of hydrogen-bond donors (Lipinski definition) is 1. The van der Waals surface area contributed by atoms with Crippen molar-refractivity contribution < 1.29 is 9.21 Å². The Labute approximate surface area is 159 Å². The lowest BCUT2D eigenvalue weighted by molar-refractivity contribution is -0.118. The van der Waals surface area contributed by atoms with Crippen molar-refractivity contribution >= 4 is 29.5 Å². The molecule has 0 radical (unpaired) electrons. The van der Waals surface area contributed by atoms with Crippen LogP contribution in [0, 0.1) is 11.7 Å². The molecule has 0 unspecified atom stereocenters. The average Bonchev–Trinajstić information content (AvgIpc) is 3.29. The molecule has 0 spiro atoms. The highest BCUT2D eigenvalue weighted by Gasteiger charge is 2.16. The van der Waals surface area contributed by atoms with Crippen molar-refractivity contribution in [2.45, 2.75) is 33.1 Å². The lowest BCUT2D eigenvalue weighted by atomic mass is 10.3. The van der Waals surface area contributed by atoms with Gasteiger partial charge < -0.3 is 10.2 Å². The fourth-order valence-electron chi connectivity index (χ4n) is 2.58. The van der Waals surface area contributed by atoms with Crippen LogP contribution in [-0.4, -0.2) is 37.2 Å². The number of carbonyl (C=O) groups is 1. The van der Waals surface area contributed by atoms with E-state index in [9.17, 15) is 4.79 Å². The van der Waals surface area contributed by atoms with E-state index in [1.165, 1.54) is 0 Å². The molecule has 0 aromatic carbocycles. The lowest BCUT2D eigenvalue weighted by Gasteiger charge is -2.14. The van der Waals surface area contributed by atoms with Crippen LogP contribution < -0.4 is 5.73 Å². The van der Waals surface area contributed by atoms with Gasteiger partial charge in [-0.1, -0.05) is 0 Å². The summed E-state index contributed by atoms with van der Waals surface area (Å²) in [6, 6.07) is 3.59. The minimum Gasteiger partial charge on any atom is -0.461 e. The highest BCUT2D eigenvalue weighted by Crippen LogP contribution is 2.20. The van der Waals surface area contributed by atoms with E-state index in [4.69, 9.17) is 22.4 Å². The van der Waals surface area contributed by atoms with Crippen molar-refractivity contribution in [1.82, 2.24) is 24.2 Å². The first-order chi connectivity index (χ1) is 12.4. The average molecular weight is 393 g/mol. The number of hydrogen-bond acceptors (Lipinski definition) is 7. The normalized spacial score (nSPS) is 11.3. The molecule has 0 saturated carbocycles. The number of rotatable bonds is 8. The molecule has 0 aliphatic heterocycles. The number of primary amides is 1. The third-order valence-electron chi connectivity index (χ3n) is 3.72. The Kier molecular flexibility index (Phi) is 5.64. The maximum Gasteiger partial charge on any atom is 0.219 e. The molecule has 0 aliphatic rings. The van der Waals surface area contributed by atoms with Crippen LogP contribution in [0.1, 0.15) is 17.1 Å². The van der Waals surface area contributed by atoms with Crippen LogP contribution in [0.4, 0.5) is 0 Å². The predicted octanol–water partition coefficient (Wildman–Crippen LogP) is 2.40. The van der Waals surface area contributed by atoms with Crippen molar-refractivity contribution in [1.29, 1.82) is 0 Å². The van der Waals surface area contributed by atoms with Gasteiger partial charge in [-0.2, -0.15) is 0 Å². The summed E-state index contributed by atoms with van der Waals surface area (Å²) in [7, 11) is 1.98. The molecule has 138 valence electrons. The minimum absolute atomic E-state index is 0.182. The first-order valence-electron chi connectivity index (χ1n) is 8.03. The smallest absolute Gasteiger partial charge is 0.219 e. The summed E-state index contributed by atoms with van der Waals surface area (Å²) in [5.41, 5.74) is 6.30. The Morgan fingerprint density at radius 2 is 2.31 bits per heavy atom. The Morgan fingerprint density at radius 3 is 2.92 bits per heavy atom. The standard InChI is InChI=1S/C16H20N6O2S2/c1-11-18-12(9-26-11)8-20(2)10-22-16(25)21(6-5-14(17)23)15(19-22)13-4-3-7-24-13/h3-4,7,9H,5-6,8,10H2,1-2H3,(H2,17,23). The van der Waals surface area contributed by atoms with Crippen molar-refractivity contribution in [3.8, 4) is 11.6 Å². The largest absolute Gasteiger partial charge is 0.461 e. The number of nitrogens with two attached hydrogens (primary N) is 1. The number of aromatic nitrogens is 4. The van der Waals surface area contributed by atoms with E-state index >= 15 is 0 Å². The van der Waals surface area contributed by atoms with Crippen LogP contribution >= 0.6 is 23.6 Å². The number of thiazole rings is 1. The summed E-state index contributed by atoms with van der Waals surface area (Å²) >= 11 is 7.18. The Morgan fingerprint density at radius 1 is 1.50 bits per heavy atom. The second kappa shape index (κ2) is 7.94. The van der Waals surface area contributed by atoms with Crippen LogP contribution in [0.3, 0.4) is 0 Å². The molecule has 0 atom stereocenters. The number of amides is 1.